The smallest absolute Gasteiger partial charge is 0.410 e. The van der Waals surface area contributed by atoms with Crippen LogP contribution in [0.4, 0.5) is 4.79 Å². The third-order valence-electron chi connectivity index (χ3n) is 6.84. The fourth-order valence-electron chi connectivity index (χ4n) is 5.42. The Labute approximate surface area is 190 Å². The van der Waals surface area contributed by atoms with E-state index in [9.17, 15) is 9.90 Å². The van der Waals surface area contributed by atoms with E-state index in [-0.39, 0.29) is 43.5 Å². The predicted octanol–water partition coefficient (Wildman–Crippen LogP) is 5.66. The molecule has 2 atom stereocenters. The minimum atomic E-state index is -1.78. The zero-order chi connectivity index (χ0) is 21.1. The molecule has 2 bridgehead atoms. The Balaban J connectivity index is 1.32. The van der Waals surface area contributed by atoms with Gasteiger partial charge < -0.3 is 14.7 Å². The summed E-state index contributed by atoms with van der Waals surface area (Å²) in [4.78, 5) is 14.8. The SMILES string of the molecule is O=C(OCC1c2ccccc2-c2ccccc21)N1C2CCC1CC(O)(C(Cl)(Cl)Cl)C2. The number of carbonyl (C=O) groups is 1. The van der Waals surface area contributed by atoms with Gasteiger partial charge in [-0.05, 0) is 35.1 Å². The largest absolute Gasteiger partial charge is 0.448 e. The first kappa shape index (κ1) is 20.4. The second-order valence-corrected chi connectivity index (χ2v) is 10.8. The molecule has 2 heterocycles. The number of nitrogens with zero attached hydrogens (tertiary/aromatic N) is 1. The van der Waals surface area contributed by atoms with Crippen LogP contribution in [0.5, 0.6) is 0 Å². The van der Waals surface area contributed by atoms with Gasteiger partial charge in [0.1, 0.15) is 12.2 Å². The highest BCUT2D eigenvalue weighted by Gasteiger charge is 2.57. The predicted molar refractivity (Wildman–Crippen MR) is 118 cm³/mol. The number of hydrogen-bond donors (Lipinski definition) is 1. The van der Waals surface area contributed by atoms with Crippen molar-refractivity contribution in [2.45, 2.75) is 53.1 Å². The molecule has 2 aromatic rings. The highest BCUT2D eigenvalue weighted by Crippen LogP contribution is 2.51. The van der Waals surface area contributed by atoms with E-state index >= 15 is 0 Å². The molecule has 1 N–H and O–H groups in total. The lowest BCUT2D eigenvalue weighted by Gasteiger charge is -2.46. The number of alkyl halides is 3. The van der Waals surface area contributed by atoms with E-state index in [1.807, 2.05) is 24.3 Å². The van der Waals surface area contributed by atoms with Crippen LogP contribution in [0.15, 0.2) is 48.5 Å². The Morgan fingerprint density at radius 2 is 1.50 bits per heavy atom. The molecule has 3 aliphatic rings. The number of piperidine rings is 1. The first-order chi connectivity index (χ1) is 14.3. The van der Waals surface area contributed by atoms with Crippen molar-refractivity contribution >= 4 is 40.9 Å². The molecule has 158 valence electrons. The Morgan fingerprint density at radius 1 is 1.00 bits per heavy atom. The van der Waals surface area contributed by atoms with Crippen molar-refractivity contribution in [3.05, 3.63) is 59.7 Å². The van der Waals surface area contributed by atoms with Crippen molar-refractivity contribution in [1.82, 2.24) is 4.90 Å². The third kappa shape index (κ3) is 3.20. The van der Waals surface area contributed by atoms with E-state index in [2.05, 4.69) is 24.3 Å². The third-order valence-corrected chi connectivity index (χ3v) is 7.90. The summed E-state index contributed by atoms with van der Waals surface area (Å²) in [6.45, 7) is 0.275. The molecule has 1 aliphatic carbocycles. The topological polar surface area (TPSA) is 49.8 Å². The second kappa shape index (κ2) is 7.30. The second-order valence-electron chi connectivity index (χ2n) is 8.53. The summed E-state index contributed by atoms with van der Waals surface area (Å²) in [5.74, 6) is 0.0156. The maximum Gasteiger partial charge on any atom is 0.410 e. The number of carbonyl (C=O) groups excluding carboxylic acids is 1. The number of hydrogen-bond acceptors (Lipinski definition) is 3. The summed E-state index contributed by atoms with van der Waals surface area (Å²) >= 11 is 18.1. The van der Waals surface area contributed by atoms with Crippen LogP contribution in [0.25, 0.3) is 11.1 Å². The zero-order valence-corrected chi connectivity index (χ0v) is 18.5. The quantitative estimate of drug-likeness (QED) is 0.581. The van der Waals surface area contributed by atoms with Gasteiger partial charge in [0.25, 0.3) is 0 Å². The lowest BCUT2D eigenvalue weighted by molar-refractivity contribution is -0.0458. The van der Waals surface area contributed by atoms with Crippen LogP contribution in [0.3, 0.4) is 0 Å². The number of rotatable bonds is 2. The van der Waals surface area contributed by atoms with E-state index in [0.29, 0.717) is 0 Å². The van der Waals surface area contributed by atoms with E-state index in [4.69, 9.17) is 39.5 Å². The summed E-state index contributed by atoms with van der Waals surface area (Å²) in [5.41, 5.74) is 3.32. The molecule has 5 rings (SSSR count). The van der Waals surface area contributed by atoms with Crippen LogP contribution in [0.2, 0.25) is 0 Å². The Hall–Kier alpha value is -1.46. The maximum atomic E-state index is 13.0. The number of aliphatic hydroxyl groups is 1. The normalized spacial score (nSPS) is 27.7. The van der Waals surface area contributed by atoms with Crippen LogP contribution >= 0.6 is 34.8 Å². The minimum Gasteiger partial charge on any atom is -0.448 e. The van der Waals surface area contributed by atoms with Crippen molar-refractivity contribution in [3.63, 3.8) is 0 Å². The van der Waals surface area contributed by atoms with Crippen molar-refractivity contribution in [3.8, 4) is 11.1 Å². The number of ether oxygens (including phenoxy) is 1. The van der Waals surface area contributed by atoms with Gasteiger partial charge in [0, 0.05) is 30.8 Å². The minimum absolute atomic E-state index is 0.0156. The Morgan fingerprint density at radius 3 is 2.00 bits per heavy atom. The van der Waals surface area contributed by atoms with Gasteiger partial charge in [-0.3, -0.25) is 0 Å². The molecule has 0 aromatic heterocycles. The van der Waals surface area contributed by atoms with Crippen LogP contribution in [-0.4, -0.2) is 44.2 Å². The highest BCUT2D eigenvalue weighted by atomic mass is 35.6. The van der Waals surface area contributed by atoms with Crippen LogP contribution in [0, 0.1) is 0 Å². The molecular weight excluding hydrogens is 445 g/mol. The summed E-state index contributed by atoms with van der Waals surface area (Å²) in [6, 6.07) is 16.1. The summed E-state index contributed by atoms with van der Waals surface area (Å²) in [6.07, 6.45) is 1.68. The summed E-state index contributed by atoms with van der Waals surface area (Å²) in [5, 5.41) is 10.8. The van der Waals surface area contributed by atoms with Gasteiger partial charge in [0.15, 0.2) is 0 Å². The first-order valence-corrected chi connectivity index (χ1v) is 11.3. The van der Waals surface area contributed by atoms with Gasteiger partial charge in [0.2, 0.25) is 3.79 Å². The standard InChI is InChI=1S/C23H22Cl3NO3/c24-23(25,26)22(29)11-14-9-10-15(12-22)27(14)21(28)30-13-20-18-7-3-1-5-16(18)17-6-2-4-8-19(17)20/h1-8,14-15,20,29H,9-13H2. The van der Waals surface area contributed by atoms with Gasteiger partial charge in [-0.25, -0.2) is 4.79 Å². The van der Waals surface area contributed by atoms with Crippen LogP contribution in [-0.2, 0) is 4.74 Å². The monoisotopic (exact) mass is 465 g/mol. The molecule has 7 heteroatoms. The molecular formula is C23H22Cl3NO3. The van der Waals surface area contributed by atoms with Crippen molar-refractivity contribution < 1.29 is 14.6 Å². The highest BCUT2D eigenvalue weighted by molar-refractivity contribution is 6.68. The van der Waals surface area contributed by atoms with E-state index in [0.717, 1.165) is 12.8 Å². The molecule has 0 saturated carbocycles. The molecule has 2 saturated heterocycles. The average Bonchev–Trinajstić information content (AvgIpc) is 3.18. The molecule has 0 spiro atoms. The van der Waals surface area contributed by atoms with Crippen LogP contribution < -0.4 is 0 Å². The lowest BCUT2D eigenvalue weighted by atomic mass is 9.87. The fraction of sp³-hybridized carbons (Fsp3) is 0.435. The molecule has 2 aliphatic heterocycles. The van der Waals surface area contributed by atoms with E-state index in [1.165, 1.54) is 22.3 Å². The van der Waals surface area contributed by atoms with Gasteiger partial charge >= 0.3 is 6.09 Å². The molecule has 2 fully saturated rings. The molecule has 30 heavy (non-hydrogen) atoms. The number of halogens is 3. The molecule has 0 radical (unpaired) electrons. The van der Waals surface area contributed by atoms with Gasteiger partial charge in [0.05, 0.1) is 0 Å². The van der Waals surface area contributed by atoms with Gasteiger partial charge in [-0.2, -0.15) is 0 Å². The fourth-order valence-corrected chi connectivity index (χ4v) is 5.89. The number of fused-ring (bicyclic) bond motifs is 5. The zero-order valence-electron chi connectivity index (χ0n) is 16.2. The van der Waals surface area contributed by atoms with Crippen LogP contribution in [0.1, 0.15) is 42.7 Å². The van der Waals surface area contributed by atoms with Crippen molar-refractivity contribution in [1.29, 1.82) is 0 Å². The molecule has 2 aromatic carbocycles. The Kier molecular flexibility index (Phi) is 4.98. The average molecular weight is 467 g/mol. The number of amides is 1. The van der Waals surface area contributed by atoms with Gasteiger partial charge in [-0.15, -0.1) is 0 Å². The maximum absolute atomic E-state index is 13.0. The first-order valence-electron chi connectivity index (χ1n) is 10.2. The van der Waals surface area contributed by atoms with E-state index < -0.39 is 9.39 Å². The van der Waals surface area contributed by atoms with E-state index in [1.54, 1.807) is 4.90 Å². The number of benzene rings is 2. The molecule has 1 amide bonds. The molecule has 4 nitrogen and oxygen atoms in total. The van der Waals surface area contributed by atoms with Crippen molar-refractivity contribution in [2.75, 3.05) is 6.61 Å². The Bertz CT molecular complexity index is 930. The summed E-state index contributed by atoms with van der Waals surface area (Å²) < 4.78 is 4.04. The van der Waals surface area contributed by atoms with Crippen molar-refractivity contribution in [2.24, 2.45) is 0 Å². The molecule has 2 unspecified atom stereocenters. The lowest BCUT2D eigenvalue weighted by Crippen LogP contribution is -2.58. The van der Waals surface area contributed by atoms with Gasteiger partial charge in [-0.1, -0.05) is 83.3 Å². The summed E-state index contributed by atoms with van der Waals surface area (Å²) in [7, 11) is 0.